The molecule has 0 saturated carbocycles. The van der Waals surface area contributed by atoms with Crippen molar-refractivity contribution in [2.75, 3.05) is 54.5 Å². The summed E-state index contributed by atoms with van der Waals surface area (Å²) in [7, 11) is 3.51. The average Bonchev–Trinajstić information content (AvgIpc) is 2.65. The molecule has 0 aromatic heterocycles. The van der Waals surface area contributed by atoms with Crippen LogP contribution in [0.2, 0.25) is 0 Å². The van der Waals surface area contributed by atoms with Crippen molar-refractivity contribution in [2.24, 2.45) is 4.99 Å². The molecule has 0 aliphatic heterocycles. The normalized spacial score (nSPS) is 12.4. The van der Waals surface area contributed by atoms with Gasteiger partial charge >= 0.3 is 0 Å². The number of sulfonamides is 1. The zero-order valence-electron chi connectivity index (χ0n) is 16.1. The number of likely N-dealkylation sites (N-methyl/N-ethyl adjacent to an activating group) is 1. The molecule has 0 bridgehead atoms. The van der Waals surface area contributed by atoms with E-state index in [2.05, 4.69) is 32.3 Å². The summed E-state index contributed by atoms with van der Waals surface area (Å²) in [4.78, 5) is 6.68. The molecule has 1 aromatic rings. The minimum atomic E-state index is -3.40. The van der Waals surface area contributed by atoms with Crippen LogP contribution in [0.5, 0.6) is 0 Å². The van der Waals surface area contributed by atoms with E-state index in [0.29, 0.717) is 12.5 Å². The molecule has 0 unspecified atom stereocenters. The first-order valence-corrected chi connectivity index (χ1v) is 10.1. The molecule has 0 amide bonds. The number of aliphatic imine (C=N–C) groups is 1. The van der Waals surface area contributed by atoms with Gasteiger partial charge in [0.25, 0.3) is 0 Å². The van der Waals surface area contributed by atoms with Gasteiger partial charge < -0.3 is 20.3 Å². The molecular weight excluding hydrogens is 354 g/mol. The van der Waals surface area contributed by atoms with Crippen molar-refractivity contribution in [3.63, 3.8) is 0 Å². The lowest BCUT2D eigenvalue weighted by Gasteiger charge is -2.18. The Morgan fingerprint density at radius 2 is 1.88 bits per heavy atom. The molecule has 1 aromatic carbocycles. The van der Waals surface area contributed by atoms with Gasteiger partial charge in [-0.25, -0.2) is 13.1 Å². The molecule has 1 rings (SSSR count). The summed E-state index contributed by atoms with van der Waals surface area (Å²) in [5.74, 6) is 0.710. The summed E-state index contributed by atoms with van der Waals surface area (Å²) >= 11 is 0. The van der Waals surface area contributed by atoms with Crippen molar-refractivity contribution in [1.82, 2.24) is 20.3 Å². The number of rotatable bonds is 11. The first kappa shape index (κ1) is 22.4. The van der Waals surface area contributed by atoms with Crippen LogP contribution in [0.1, 0.15) is 12.0 Å². The summed E-state index contributed by atoms with van der Waals surface area (Å²) in [6, 6.07) is 6.75. The number of benzene rings is 1. The molecule has 26 heavy (non-hydrogen) atoms. The van der Waals surface area contributed by atoms with Gasteiger partial charge in [0.15, 0.2) is 5.96 Å². The van der Waals surface area contributed by atoms with E-state index in [1.54, 1.807) is 38.4 Å². The van der Waals surface area contributed by atoms with Crippen LogP contribution in [0.25, 0.3) is 0 Å². The lowest BCUT2D eigenvalue weighted by molar-refractivity contribution is 0.180. The Labute approximate surface area is 157 Å². The number of nitrogens with one attached hydrogen (secondary N) is 3. The third kappa shape index (κ3) is 8.13. The van der Waals surface area contributed by atoms with Crippen LogP contribution in [0.4, 0.5) is 0 Å². The zero-order chi connectivity index (χ0) is 19.4. The van der Waals surface area contributed by atoms with Crippen molar-refractivity contribution < 1.29 is 13.2 Å². The van der Waals surface area contributed by atoms with Gasteiger partial charge in [-0.15, -0.1) is 0 Å². The zero-order valence-corrected chi connectivity index (χ0v) is 16.9. The molecule has 148 valence electrons. The summed E-state index contributed by atoms with van der Waals surface area (Å²) in [5, 5.41) is 6.49. The highest BCUT2D eigenvalue weighted by atomic mass is 32.2. The number of hydrogen-bond donors (Lipinski definition) is 3. The van der Waals surface area contributed by atoms with Crippen molar-refractivity contribution in [1.29, 1.82) is 0 Å². The molecule has 3 N–H and O–H groups in total. The van der Waals surface area contributed by atoms with Crippen LogP contribution in [-0.4, -0.2) is 73.8 Å². The van der Waals surface area contributed by atoms with Crippen molar-refractivity contribution in [2.45, 2.75) is 17.9 Å². The van der Waals surface area contributed by atoms with E-state index >= 15 is 0 Å². The Morgan fingerprint density at radius 3 is 2.46 bits per heavy atom. The molecule has 0 saturated heterocycles. The summed E-state index contributed by atoms with van der Waals surface area (Å²) in [6.45, 7) is 4.01. The first-order chi connectivity index (χ1) is 12.4. The average molecular weight is 386 g/mol. The van der Waals surface area contributed by atoms with Gasteiger partial charge in [-0.1, -0.05) is 12.1 Å². The molecular formula is C17H31N5O3S. The second-order valence-electron chi connectivity index (χ2n) is 5.85. The molecule has 0 aliphatic carbocycles. The van der Waals surface area contributed by atoms with Crippen molar-refractivity contribution in [3.8, 4) is 0 Å². The van der Waals surface area contributed by atoms with Gasteiger partial charge in [0.1, 0.15) is 0 Å². The van der Waals surface area contributed by atoms with Gasteiger partial charge in [-0.05, 0) is 38.2 Å². The van der Waals surface area contributed by atoms with E-state index in [4.69, 9.17) is 4.74 Å². The summed E-state index contributed by atoms with van der Waals surface area (Å²) < 4.78 is 30.8. The molecule has 0 aliphatic rings. The second-order valence-corrected chi connectivity index (χ2v) is 7.74. The van der Waals surface area contributed by atoms with E-state index in [9.17, 15) is 8.42 Å². The highest BCUT2D eigenvalue weighted by Crippen LogP contribution is 2.09. The van der Waals surface area contributed by atoms with Crippen LogP contribution in [0, 0.1) is 0 Å². The maximum Gasteiger partial charge on any atom is 0.240 e. The minimum Gasteiger partial charge on any atom is -0.385 e. The second kappa shape index (κ2) is 11.8. The van der Waals surface area contributed by atoms with E-state index in [-0.39, 0.29) is 4.90 Å². The maximum atomic E-state index is 11.7. The monoisotopic (exact) mass is 385 g/mol. The molecule has 8 nitrogen and oxygen atoms in total. The Morgan fingerprint density at radius 1 is 1.19 bits per heavy atom. The predicted octanol–water partition coefficient (Wildman–Crippen LogP) is 0.228. The first-order valence-electron chi connectivity index (χ1n) is 8.57. The molecule has 9 heteroatoms. The summed E-state index contributed by atoms with van der Waals surface area (Å²) in [5.41, 5.74) is 0.972. The quantitative estimate of drug-likeness (QED) is 0.287. The predicted molar refractivity (Wildman–Crippen MR) is 105 cm³/mol. The number of hydrogen-bond acceptors (Lipinski definition) is 5. The van der Waals surface area contributed by atoms with Crippen LogP contribution in [0.15, 0.2) is 34.2 Å². The molecule has 0 atom stereocenters. The Bertz CT molecular complexity index is 647. The Balaban J connectivity index is 2.38. The number of nitrogens with zero attached hydrogens (tertiary/aromatic N) is 2. The minimum absolute atomic E-state index is 0.253. The fourth-order valence-electron chi connectivity index (χ4n) is 2.27. The lowest BCUT2D eigenvalue weighted by Crippen LogP contribution is -2.40. The number of guanidine groups is 1. The van der Waals surface area contributed by atoms with Crippen LogP contribution < -0.4 is 15.4 Å². The summed E-state index contributed by atoms with van der Waals surface area (Å²) in [6.07, 6.45) is 1.01. The van der Waals surface area contributed by atoms with E-state index < -0.39 is 10.0 Å². The fourth-order valence-corrected chi connectivity index (χ4v) is 3.00. The molecule has 0 spiro atoms. The topological polar surface area (TPSA) is 95.1 Å². The highest BCUT2D eigenvalue weighted by molar-refractivity contribution is 7.89. The van der Waals surface area contributed by atoms with Crippen molar-refractivity contribution >= 4 is 16.0 Å². The number of methoxy groups -OCH3 is 1. The van der Waals surface area contributed by atoms with Crippen LogP contribution in [-0.2, 0) is 21.3 Å². The van der Waals surface area contributed by atoms with Gasteiger partial charge in [-0.2, -0.15) is 0 Å². The smallest absolute Gasteiger partial charge is 0.240 e. The van der Waals surface area contributed by atoms with Gasteiger partial charge in [0, 0.05) is 46.9 Å². The molecule has 0 radical (unpaired) electrons. The molecule has 0 heterocycles. The van der Waals surface area contributed by atoms with E-state index in [0.717, 1.165) is 38.2 Å². The lowest BCUT2D eigenvalue weighted by atomic mass is 10.2. The van der Waals surface area contributed by atoms with Crippen molar-refractivity contribution in [3.05, 3.63) is 29.8 Å². The standard InChI is InChI=1S/C17H31N5O3S/c1-18-17(20-10-12-22(3)11-5-13-25-4)21-14-15-6-8-16(9-7-15)26(23,24)19-2/h6-9,19H,5,10-14H2,1-4H3,(H2,18,20,21). The van der Waals surface area contributed by atoms with Crippen LogP contribution in [0.3, 0.4) is 0 Å². The third-order valence-corrected chi connectivity index (χ3v) is 5.29. The maximum absolute atomic E-state index is 11.7. The van der Waals surface area contributed by atoms with Gasteiger partial charge in [0.2, 0.25) is 10.0 Å². The van der Waals surface area contributed by atoms with Crippen LogP contribution >= 0.6 is 0 Å². The Hall–Kier alpha value is -1.68. The van der Waals surface area contributed by atoms with E-state index in [1.165, 1.54) is 7.05 Å². The molecule has 0 fully saturated rings. The Kier molecular flexibility index (Phi) is 10.2. The van der Waals surface area contributed by atoms with Gasteiger partial charge in [0.05, 0.1) is 4.90 Å². The van der Waals surface area contributed by atoms with E-state index in [1.807, 2.05) is 0 Å². The highest BCUT2D eigenvalue weighted by Gasteiger charge is 2.10. The SMILES string of the molecule is CN=C(NCCN(C)CCCOC)NCc1ccc(S(=O)(=O)NC)cc1. The number of ether oxygens (including phenoxy) is 1. The third-order valence-electron chi connectivity index (χ3n) is 3.86. The van der Waals surface area contributed by atoms with Gasteiger partial charge in [-0.3, -0.25) is 4.99 Å². The fraction of sp³-hybridized carbons (Fsp3) is 0.588. The largest absolute Gasteiger partial charge is 0.385 e.